The predicted molar refractivity (Wildman–Crippen MR) is 69.3 cm³/mol. The van der Waals surface area contributed by atoms with Crippen LogP contribution in [0.3, 0.4) is 0 Å². The van der Waals surface area contributed by atoms with Crippen LogP contribution >= 0.6 is 31.9 Å². The minimum absolute atomic E-state index is 0.0772. The lowest BCUT2D eigenvalue weighted by atomic mass is 10.4. The fraction of sp³-hybridized carbons (Fsp3) is 0. The predicted octanol–water partition coefficient (Wildman–Crippen LogP) is 1.89. The Morgan fingerprint density at radius 2 is 2.18 bits per heavy atom. The normalized spacial score (nSPS) is 11.8. The van der Waals surface area contributed by atoms with E-state index in [1.165, 1.54) is 0 Å². The molecule has 0 unspecified atom stereocenters. The van der Waals surface area contributed by atoms with Crippen molar-refractivity contribution in [2.24, 2.45) is 10.9 Å². The summed E-state index contributed by atoms with van der Waals surface area (Å²) >= 11 is 6.70. The summed E-state index contributed by atoms with van der Waals surface area (Å²) in [5, 5.41) is 11.6. The largest absolute Gasteiger partial charge is 0.409 e. The van der Waals surface area contributed by atoms with Gasteiger partial charge in [0.15, 0.2) is 11.6 Å². The number of imidazole rings is 1. The zero-order valence-corrected chi connectivity index (χ0v) is 11.6. The highest BCUT2D eigenvalue weighted by atomic mass is 79.9. The second kappa shape index (κ2) is 4.84. The van der Waals surface area contributed by atoms with Crippen LogP contribution < -0.4 is 5.73 Å². The van der Waals surface area contributed by atoms with E-state index in [1.807, 2.05) is 6.07 Å². The van der Waals surface area contributed by atoms with Gasteiger partial charge < -0.3 is 10.9 Å². The lowest BCUT2D eigenvalue weighted by Crippen LogP contribution is -2.19. The summed E-state index contributed by atoms with van der Waals surface area (Å²) in [5.74, 6) is 0.849. The smallest absolute Gasteiger partial charge is 0.206 e. The Labute approximate surface area is 113 Å². The Morgan fingerprint density at radius 3 is 2.82 bits per heavy atom. The SMILES string of the molecule is N/C(=N/O)c1nccn1-c1ncc(Br)cc1Br. The van der Waals surface area contributed by atoms with Gasteiger partial charge in [-0.3, -0.25) is 4.57 Å². The Bertz CT molecular complexity index is 581. The number of pyridine rings is 1. The molecule has 0 fully saturated rings. The first kappa shape index (κ1) is 12.1. The van der Waals surface area contributed by atoms with Crippen LogP contribution in [0.1, 0.15) is 5.82 Å². The summed E-state index contributed by atoms with van der Waals surface area (Å²) in [4.78, 5) is 8.24. The average molecular weight is 361 g/mol. The van der Waals surface area contributed by atoms with Crippen LogP contribution in [0, 0.1) is 0 Å². The lowest BCUT2D eigenvalue weighted by molar-refractivity contribution is 0.318. The molecule has 0 radical (unpaired) electrons. The maximum absolute atomic E-state index is 8.66. The van der Waals surface area contributed by atoms with Crippen molar-refractivity contribution in [3.8, 4) is 5.82 Å². The Morgan fingerprint density at radius 1 is 1.41 bits per heavy atom. The van der Waals surface area contributed by atoms with Crippen LogP contribution in [0.2, 0.25) is 0 Å². The molecule has 8 heteroatoms. The quantitative estimate of drug-likeness (QED) is 0.370. The summed E-state index contributed by atoms with van der Waals surface area (Å²) < 4.78 is 3.22. The molecule has 17 heavy (non-hydrogen) atoms. The first-order valence-corrected chi connectivity index (χ1v) is 6.04. The van der Waals surface area contributed by atoms with Gasteiger partial charge >= 0.3 is 0 Å². The number of aromatic nitrogens is 3. The average Bonchev–Trinajstić information content (AvgIpc) is 2.77. The third-order valence-corrected chi connectivity index (χ3v) is 3.01. The molecular weight excluding hydrogens is 354 g/mol. The van der Waals surface area contributed by atoms with Gasteiger partial charge in [0.05, 0.1) is 4.47 Å². The zero-order valence-electron chi connectivity index (χ0n) is 8.38. The summed E-state index contributed by atoms with van der Waals surface area (Å²) in [7, 11) is 0. The van der Waals surface area contributed by atoms with Gasteiger partial charge in [-0.1, -0.05) is 5.16 Å². The molecule has 0 spiro atoms. The van der Waals surface area contributed by atoms with Crippen molar-refractivity contribution in [3.05, 3.63) is 39.4 Å². The number of hydrogen-bond donors (Lipinski definition) is 2. The summed E-state index contributed by atoms with van der Waals surface area (Å²) in [6.07, 6.45) is 4.87. The van der Waals surface area contributed by atoms with Crippen LogP contribution in [0.25, 0.3) is 5.82 Å². The summed E-state index contributed by atoms with van der Waals surface area (Å²) in [6, 6.07) is 1.85. The molecule has 3 N–H and O–H groups in total. The van der Waals surface area contributed by atoms with Crippen molar-refractivity contribution in [2.75, 3.05) is 0 Å². The third-order valence-electron chi connectivity index (χ3n) is 1.99. The van der Waals surface area contributed by atoms with Gasteiger partial charge in [-0.15, -0.1) is 0 Å². The van der Waals surface area contributed by atoms with Crippen molar-refractivity contribution in [2.45, 2.75) is 0 Å². The number of oxime groups is 1. The molecule has 0 aromatic carbocycles. The fourth-order valence-electron chi connectivity index (χ4n) is 1.29. The Balaban J connectivity index is 2.58. The number of rotatable bonds is 2. The number of halogens is 2. The van der Waals surface area contributed by atoms with Crippen molar-refractivity contribution < 1.29 is 5.21 Å². The first-order valence-electron chi connectivity index (χ1n) is 4.46. The maximum atomic E-state index is 8.66. The van der Waals surface area contributed by atoms with Crippen LogP contribution in [-0.4, -0.2) is 25.6 Å². The Kier molecular flexibility index (Phi) is 3.43. The molecule has 6 nitrogen and oxygen atoms in total. The lowest BCUT2D eigenvalue weighted by Gasteiger charge is -2.07. The van der Waals surface area contributed by atoms with Crippen LogP contribution in [0.15, 0.2) is 38.8 Å². The van der Waals surface area contributed by atoms with Gasteiger partial charge in [-0.25, -0.2) is 9.97 Å². The maximum Gasteiger partial charge on any atom is 0.206 e. The van der Waals surface area contributed by atoms with E-state index in [9.17, 15) is 0 Å². The molecule has 0 aliphatic rings. The topological polar surface area (TPSA) is 89.3 Å². The highest BCUT2D eigenvalue weighted by Crippen LogP contribution is 2.23. The van der Waals surface area contributed by atoms with Gasteiger partial charge in [0.25, 0.3) is 0 Å². The molecule has 0 amide bonds. The van der Waals surface area contributed by atoms with E-state index in [2.05, 4.69) is 47.0 Å². The van der Waals surface area contributed by atoms with Crippen molar-refractivity contribution >= 4 is 37.7 Å². The van der Waals surface area contributed by atoms with Crippen molar-refractivity contribution in [3.63, 3.8) is 0 Å². The standard InChI is InChI=1S/C9H7Br2N5O/c10-5-3-6(11)8(14-4-5)16-2-1-13-9(16)7(12)15-17/h1-4,17H,(H2,12,15). The third kappa shape index (κ3) is 2.32. The van der Waals surface area contributed by atoms with E-state index in [1.54, 1.807) is 23.2 Å². The molecular formula is C9H7Br2N5O. The van der Waals surface area contributed by atoms with Crippen LogP contribution in [-0.2, 0) is 0 Å². The van der Waals surface area contributed by atoms with Crippen LogP contribution in [0.5, 0.6) is 0 Å². The highest BCUT2D eigenvalue weighted by molar-refractivity contribution is 9.11. The van der Waals surface area contributed by atoms with Gasteiger partial charge in [-0.2, -0.15) is 0 Å². The molecule has 0 saturated carbocycles. The molecule has 0 atom stereocenters. The molecule has 2 aromatic heterocycles. The number of nitrogens with two attached hydrogens (primary N) is 1. The molecule has 0 aliphatic heterocycles. The van der Waals surface area contributed by atoms with E-state index >= 15 is 0 Å². The van der Waals surface area contributed by atoms with Gasteiger partial charge in [0, 0.05) is 23.1 Å². The van der Waals surface area contributed by atoms with Gasteiger partial charge in [0.2, 0.25) is 5.84 Å². The molecule has 2 rings (SSSR count). The Hall–Kier alpha value is -1.41. The summed E-state index contributed by atoms with van der Waals surface area (Å²) in [6.45, 7) is 0. The molecule has 0 saturated heterocycles. The van der Waals surface area contributed by atoms with E-state index in [-0.39, 0.29) is 5.84 Å². The van der Waals surface area contributed by atoms with Crippen molar-refractivity contribution in [1.82, 2.24) is 14.5 Å². The van der Waals surface area contributed by atoms with E-state index < -0.39 is 0 Å². The summed E-state index contributed by atoms with van der Waals surface area (Å²) in [5.41, 5.74) is 5.52. The van der Waals surface area contributed by atoms with Gasteiger partial charge in [0.1, 0.15) is 0 Å². The first-order chi connectivity index (χ1) is 8.13. The second-order valence-electron chi connectivity index (χ2n) is 3.07. The molecule has 2 heterocycles. The monoisotopic (exact) mass is 359 g/mol. The molecule has 0 bridgehead atoms. The second-order valence-corrected chi connectivity index (χ2v) is 4.84. The van der Waals surface area contributed by atoms with E-state index in [0.29, 0.717) is 11.6 Å². The number of hydrogen-bond acceptors (Lipinski definition) is 4. The highest BCUT2D eigenvalue weighted by Gasteiger charge is 2.12. The minimum Gasteiger partial charge on any atom is -0.409 e. The van der Waals surface area contributed by atoms with Gasteiger partial charge in [-0.05, 0) is 37.9 Å². The fourth-order valence-corrected chi connectivity index (χ4v) is 2.47. The van der Waals surface area contributed by atoms with Crippen molar-refractivity contribution in [1.29, 1.82) is 0 Å². The van der Waals surface area contributed by atoms with E-state index in [0.717, 1.165) is 8.95 Å². The number of nitrogens with zero attached hydrogens (tertiary/aromatic N) is 4. The molecule has 88 valence electrons. The molecule has 0 aliphatic carbocycles. The zero-order chi connectivity index (χ0) is 12.4. The van der Waals surface area contributed by atoms with Crippen LogP contribution in [0.4, 0.5) is 0 Å². The number of amidine groups is 1. The molecule has 2 aromatic rings. The minimum atomic E-state index is -0.0772. The van der Waals surface area contributed by atoms with E-state index in [4.69, 9.17) is 10.9 Å².